The summed E-state index contributed by atoms with van der Waals surface area (Å²) in [4.78, 5) is 0. The van der Waals surface area contributed by atoms with Crippen LogP contribution in [0.1, 0.15) is 47.5 Å². The first-order valence-electron chi connectivity index (χ1n) is 7.35. The van der Waals surface area contributed by atoms with Crippen molar-refractivity contribution in [3.63, 3.8) is 0 Å². The van der Waals surface area contributed by atoms with Crippen molar-refractivity contribution in [3.8, 4) is 0 Å². The smallest absolute Gasteiger partial charge is 0.404 e. The van der Waals surface area contributed by atoms with Crippen molar-refractivity contribution >= 4 is 19.5 Å². The van der Waals surface area contributed by atoms with Gasteiger partial charge in [-0.15, -0.1) is 12.4 Å². The average molecular weight is 288 g/mol. The molecule has 0 unspecified atom stereocenters. The Labute approximate surface area is 123 Å². The van der Waals surface area contributed by atoms with Gasteiger partial charge in [-0.1, -0.05) is 27.7 Å². The summed E-state index contributed by atoms with van der Waals surface area (Å²) < 4.78 is 12.5. The zero-order valence-corrected chi connectivity index (χ0v) is 13.5. The maximum atomic E-state index is 6.31. The van der Waals surface area contributed by atoms with E-state index in [1.807, 2.05) is 0 Å². The Bertz CT molecular complexity index is 365. The lowest BCUT2D eigenvalue weighted by Gasteiger charge is -2.64. The van der Waals surface area contributed by atoms with Gasteiger partial charge in [-0.3, -0.25) is 0 Å². The van der Waals surface area contributed by atoms with Gasteiger partial charge in [0.05, 0.1) is 11.7 Å². The number of hydrogen-bond acceptors (Lipinski definition) is 3. The van der Waals surface area contributed by atoms with Crippen LogP contribution in [0.2, 0.25) is 0 Å². The lowest BCUT2D eigenvalue weighted by atomic mass is 9.43. The summed E-state index contributed by atoms with van der Waals surface area (Å²) in [7, 11) is -0.213. The summed E-state index contributed by atoms with van der Waals surface area (Å²) in [5, 5.41) is 0. The van der Waals surface area contributed by atoms with E-state index in [1.165, 1.54) is 6.42 Å². The molecular formula is C14H27BClNO2. The highest BCUT2D eigenvalue weighted by Gasteiger charge is 2.68. The van der Waals surface area contributed by atoms with E-state index in [2.05, 4.69) is 34.6 Å². The van der Waals surface area contributed by atoms with Gasteiger partial charge >= 0.3 is 7.12 Å². The highest BCUT2D eigenvalue weighted by molar-refractivity contribution is 6.47. The van der Waals surface area contributed by atoms with Crippen LogP contribution >= 0.6 is 12.4 Å². The molecule has 0 spiro atoms. The summed E-state index contributed by atoms with van der Waals surface area (Å²) in [6.07, 6.45) is 2.69. The van der Waals surface area contributed by atoms with Crippen molar-refractivity contribution < 1.29 is 9.31 Å². The van der Waals surface area contributed by atoms with E-state index in [-0.39, 0.29) is 37.2 Å². The van der Waals surface area contributed by atoms with Gasteiger partial charge in [0.1, 0.15) is 0 Å². The molecule has 19 heavy (non-hydrogen) atoms. The molecule has 1 aliphatic heterocycles. The Balaban J connectivity index is 0.00000133. The fraction of sp³-hybridized carbons (Fsp3) is 1.00. The van der Waals surface area contributed by atoms with Gasteiger partial charge in [0.2, 0.25) is 0 Å². The van der Waals surface area contributed by atoms with E-state index in [4.69, 9.17) is 15.0 Å². The minimum Gasteiger partial charge on any atom is -0.404 e. The first kappa shape index (κ1) is 15.6. The molecular weight excluding hydrogens is 260 g/mol. The van der Waals surface area contributed by atoms with Gasteiger partial charge in [-0.25, -0.2) is 0 Å². The van der Waals surface area contributed by atoms with E-state index in [9.17, 15) is 0 Å². The van der Waals surface area contributed by atoms with Gasteiger partial charge < -0.3 is 15.0 Å². The van der Waals surface area contributed by atoms with Gasteiger partial charge in [0.25, 0.3) is 0 Å². The molecule has 5 atom stereocenters. The molecule has 4 aliphatic rings. The van der Waals surface area contributed by atoms with E-state index in [0.717, 1.165) is 12.3 Å². The Morgan fingerprint density at radius 2 is 1.84 bits per heavy atom. The fourth-order valence-electron chi connectivity index (χ4n) is 4.38. The van der Waals surface area contributed by atoms with Crippen LogP contribution in [0.25, 0.3) is 0 Å². The Kier molecular flexibility index (Phi) is 3.80. The standard InChI is InChI=1S/C14H26BNO2.ClH/c1-8(2)12(16)15-17-11-7-9-6-10(13(9,3)4)14(11,5)18-15;/h8-12H,6-7,16H2,1-5H3;1H/t9-,10-,11-,12-,14+;/m1./s1. The van der Waals surface area contributed by atoms with Crippen molar-refractivity contribution in [1.29, 1.82) is 0 Å². The summed E-state index contributed by atoms with van der Waals surface area (Å²) >= 11 is 0. The zero-order valence-electron chi connectivity index (χ0n) is 12.7. The third-order valence-corrected chi connectivity index (χ3v) is 6.05. The number of hydrogen-bond donors (Lipinski definition) is 1. The minimum absolute atomic E-state index is 0. The maximum absolute atomic E-state index is 6.31. The molecule has 4 fully saturated rings. The SMILES string of the molecule is CC(C)[C@@H](N)B1O[C@@H]2C[C@H]3C[C@H](C3(C)C)[C@]2(C)O1.Cl. The van der Waals surface area contributed by atoms with E-state index in [0.29, 0.717) is 17.3 Å². The first-order valence-corrected chi connectivity index (χ1v) is 7.35. The number of rotatable bonds is 2. The van der Waals surface area contributed by atoms with Gasteiger partial charge in [0.15, 0.2) is 0 Å². The summed E-state index contributed by atoms with van der Waals surface area (Å²) in [5.74, 6) is 1.80. The van der Waals surface area contributed by atoms with Crippen LogP contribution in [-0.2, 0) is 9.31 Å². The second-order valence-corrected chi connectivity index (χ2v) is 7.66. The fourth-order valence-corrected chi connectivity index (χ4v) is 4.38. The third-order valence-electron chi connectivity index (χ3n) is 6.05. The molecule has 0 amide bonds. The van der Waals surface area contributed by atoms with Crippen LogP contribution in [-0.4, -0.2) is 24.8 Å². The van der Waals surface area contributed by atoms with Crippen molar-refractivity contribution in [2.24, 2.45) is 28.9 Å². The highest BCUT2D eigenvalue weighted by Crippen LogP contribution is 2.65. The molecule has 2 bridgehead atoms. The molecule has 4 rings (SSSR count). The molecule has 1 heterocycles. The molecule has 0 aromatic carbocycles. The summed E-state index contributed by atoms with van der Waals surface area (Å²) in [6, 6.07) is 0. The highest BCUT2D eigenvalue weighted by atomic mass is 35.5. The van der Waals surface area contributed by atoms with Crippen molar-refractivity contribution in [2.75, 3.05) is 0 Å². The molecule has 110 valence electrons. The van der Waals surface area contributed by atoms with Crippen LogP contribution in [0.3, 0.4) is 0 Å². The Morgan fingerprint density at radius 1 is 1.21 bits per heavy atom. The van der Waals surface area contributed by atoms with Crippen LogP contribution in [0, 0.1) is 23.2 Å². The predicted octanol–water partition coefficient (Wildman–Crippen LogP) is 2.66. The monoisotopic (exact) mass is 287 g/mol. The Morgan fingerprint density at radius 3 is 2.37 bits per heavy atom. The first-order chi connectivity index (χ1) is 8.26. The third kappa shape index (κ3) is 1.98. The summed E-state index contributed by atoms with van der Waals surface area (Å²) in [5.41, 5.74) is 6.50. The normalized spacial score (nSPS) is 44.4. The van der Waals surface area contributed by atoms with E-state index < -0.39 is 0 Å². The largest absolute Gasteiger partial charge is 0.475 e. The molecule has 3 saturated carbocycles. The van der Waals surface area contributed by atoms with Crippen LogP contribution in [0.5, 0.6) is 0 Å². The van der Waals surface area contributed by atoms with Crippen molar-refractivity contribution in [2.45, 2.75) is 65.1 Å². The molecule has 5 heteroatoms. The van der Waals surface area contributed by atoms with E-state index in [1.54, 1.807) is 0 Å². The van der Waals surface area contributed by atoms with Crippen LogP contribution < -0.4 is 5.73 Å². The number of nitrogens with two attached hydrogens (primary N) is 1. The zero-order chi connectivity index (χ0) is 13.3. The van der Waals surface area contributed by atoms with Gasteiger partial charge in [-0.05, 0) is 42.9 Å². The Hall–Kier alpha value is 0.235. The predicted molar refractivity (Wildman–Crippen MR) is 80.2 cm³/mol. The van der Waals surface area contributed by atoms with Crippen LogP contribution in [0.15, 0.2) is 0 Å². The van der Waals surface area contributed by atoms with Crippen molar-refractivity contribution in [3.05, 3.63) is 0 Å². The molecule has 0 radical (unpaired) electrons. The molecule has 0 aromatic heterocycles. The van der Waals surface area contributed by atoms with Crippen LogP contribution in [0.4, 0.5) is 0 Å². The molecule has 2 N–H and O–H groups in total. The van der Waals surface area contributed by atoms with E-state index >= 15 is 0 Å². The number of halogens is 1. The minimum atomic E-state index is -0.213. The quantitative estimate of drug-likeness (QED) is 0.794. The second kappa shape index (κ2) is 4.62. The average Bonchev–Trinajstić information content (AvgIpc) is 2.63. The van der Waals surface area contributed by atoms with Crippen molar-refractivity contribution in [1.82, 2.24) is 0 Å². The molecule has 1 saturated heterocycles. The lowest BCUT2D eigenvalue weighted by Crippen LogP contribution is -2.65. The second-order valence-electron chi connectivity index (χ2n) is 7.66. The molecule has 3 aliphatic carbocycles. The molecule has 3 nitrogen and oxygen atoms in total. The van der Waals surface area contributed by atoms with Gasteiger partial charge in [0, 0.05) is 5.94 Å². The van der Waals surface area contributed by atoms with Gasteiger partial charge in [-0.2, -0.15) is 0 Å². The summed E-state index contributed by atoms with van der Waals surface area (Å²) in [6.45, 7) is 11.3. The maximum Gasteiger partial charge on any atom is 0.475 e. The molecule has 0 aromatic rings. The topological polar surface area (TPSA) is 44.5 Å². The lowest BCUT2D eigenvalue weighted by molar-refractivity contribution is -0.199.